The molecule has 0 radical (unpaired) electrons. The van der Waals surface area contributed by atoms with Crippen molar-refractivity contribution < 1.29 is 14.3 Å². The number of hydrogen-bond acceptors (Lipinski definition) is 5. The van der Waals surface area contributed by atoms with E-state index in [0.29, 0.717) is 30.3 Å². The highest BCUT2D eigenvalue weighted by atomic mass is 35.5. The van der Waals surface area contributed by atoms with E-state index in [4.69, 9.17) is 22.1 Å². The number of piperidine rings is 1. The summed E-state index contributed by atoms with van der Waals surface area (Å²) in [7, 11) is 0. The molecule has 1 saturated heterocycles. The lowest BCUT2D eigenvalue weighted by Gasteiger charge is -2.47. The van der Waals surface area contributed by atoms with Crippen molar-refractivity contribution >= 4 is 23.9 Å². The Balaban J connectivity index is 1.72. The van der Waals surface area contributed by atoms with E-state index in [0.717, 1.165) is 31.5 Å². The van der Waals surface area contributed by atoms with Crippen LogP contribution in [0.5, 0.6) is 0 Å². The molecule has 1 aromatic rings. The second-order valence-electron chi connectivity index (χ2n) is 8.71. The maximum absolute atomic E-state index is 13.2. The molecule has 2 aliphatic rings. The van der Waals surface area contributed by atoms with E-state index in [9.17, 15) is 9.59 Å². The molecule has 160 valence electrons. The van der Waals surface area contributed by atoms with Gasteiger partial charge in [-0.05, 0) is 80.6 Å². The maximum Gasteiger partial charge on any atom is 0.293 e. The molecule has 2 atom stereocenters. The van der Waals surface area contributed by atoms with Crippen LogP contribution in [0.15, 0.2) is 24.3 Å². The lowest BCUT2D eigenvalue weighted by molar-refractivity contribution is -0.148. The lowest BCUT2D eigenvalue weighted by atomic mass is 9.61. The van der Waals surface area contributed by atoms with Crippen LogP contribution in [-0.2, 0) is 20.7 Å². The first kappa shape index (κ1) is 22.3. The first-order chi connectivity index (χ1) is 14.0. The molecule has 29 heavy (non-hydrogen) atoms. The fraction of sp³-hybridized carbons (Fsp3) is 0.652. The van der Waals surface area contributed by atoms with Gasteiger partial charge in [-0.2, -0.15) is 0 Å². The molecule has 0 spiro atoms. The Hall–Kier alpha value is -1.43. The van der Waals surface area contributed by atoms with Gasteiger partial charge in [-0.3, -0.25) is 9.59 Å². The summed E-state index contributed by atoms with van der Waals surface area (Å²) in [6.45, 7) is 2.32. The van der Waals surface area contributed by atoms with Gasteiger partial charge in [0.1, 0.15) is 0 Å². The molecule has 2 unspecified atom stereocenters. The number of Topliss-reactive ketones (excluding diaryl/α,β-unsaturated/α-hetero) is 1. The summed E-state index contributed by atoms with van der Waals surface area (Å²) in [6, 6.07) is 6.63. The largest absolute Gasteiger partial charge is 0.456 e. The average Bonchev–Trinajstić information content (AvgIpc) is 2.76. The molecule has 1 saturated carbocycles. The molecule has 0 amide bonds. The molecule has 1 heterocycles. The minimum absolute atomic E-state index is 0.0506. The molecule has 0 aromatic heterocycles. The van der Waals surface area contributed by atoms with Crippen LogP contribution in [0.25, 0.3) is 0 Å². The number of carbonyl (C=O) groups excluding carboxylic acids is 2. The number of hydrogen-bond donors (Lipinski definition) is 2. The Morgan fingerprint density at radius 2 is 1.86 bits per heavy atom. The van der Waals surface area contributed by atoms with Crippen molar-refractivity contribution in [3.05, 3.63) is 34.9 Å². The number of nitrogens with two attached hydrogens (primary N) is 1. The molecule has 1 aromatic carbocycles. The second kappa shape index (κ2) is 10.6. The van der Waals surface area contributed by atoms with E-state index in [1.165, 1.54) is 32.1 Å². The van der Waals surface area contributed by atoms with E-state index in [2.05, 4.69) is 5.32 Å². The van der Waals surface area contributed by atoms with Crippen LogP contribution < -0.4 is 11.1 Å². The first-order valence-electron chi connectivity index (χ1n) is 10.9. The van der Waals surface area contributed by atoms with Gasteiger partial charge in [-0.1, -0.05) is 43.0 Å². The highest BCUT2D eigenvalue weighted by Crippen LogP contribution is 2.48. The van der Waals surface area contributed by atoms with Crippen LogP contribution in [0, 0.1) is 11.3 Å². The molecule has 3 N–H and O–H groups in total. The number of nitrogens with one attached hydrogen (secondary N) is 1. The van der Waals surface area contributed by atoms with Crippen molar-refractivity contribution in [1.29, 1.82) is 0 Å². The van der Waals surface area contributed by atoms with Gasteiger partial charge >= 0.3 is 0 Å². The minimum atomic E-state index is -0.769. The Morgan fingerprint density at radius 1 is 1.21 bits per heavy atom. The molecular formula is C23H33ClN2O3. The Kier molecular flexibility index (Phi) is 8.10. The van der Waals surface area contributed by atoms with Crippen LogP contribution in [0.4, 0.5) is 0 Å². The van der Waals surface area contributed by atoms with Gasteiger partial charge in [0, 0.05) is 5.02 Å². The van der Waals surface area contributed by atoms with E-state index in [1.807, 2.05) is 12.1 Å². The first-order valence-corrected chi connectivity index (χ1v) is 11.3. The van der Waals surface area contributed by atoms with Gasteiger partial charge in [0.15, 0.2) is 11.9 Å². The van der Waals surface area contributed by atoms with Crippen molar-refractivity contribution in [2.75, 3.05) is 13.1 Å². The highest BCUT2D eigenvalue weighted by molar-refractivity contribution is 6.30. The number of ketones is 1. The summed E-state index contributed by atoms with van der Waals surface area (Å²) < 4.78 is 5.35. The topological polar surface area (TPSA) is 81.4 Å². The standard InChI is InChI=1S/C23H33ClN2O3/c24-19-8-6-17(7-9-19)14-20(25)22(28)21(29-16-27)15-23(10-12-26-13-11-23)18-4-2-1-3-5-18/h6-9,16,18,20-21,26H,1-5,10-15,25H2. The predicted octanol–water partition coefficient (Wildman–Crippen LogP) is 3.66. The molecule has 2 fully saturated rings. The van der Waals surface area contributed by atoms with Crippen LogP contribution in [0.3, 0.4) is 0 Å². The fourth-order valence-electron chi connectivity index (χ4n) is 5.28. The van der Waals surface area contributed by atoms with Crippen LogP contribution in [0.1, 0.15) is 56.9 Å². The molecule has 6 heteroatoms. The van der Waals surface area contributed by atoms with Gasteiger partial charge < -0.3 is 15.8 Å². The van der Waals surface area contributed by atoms with Crippen LogP contribution >= 0.6 is 11.6 Å². The fourth-order valence-corrected chi connectivity index (χ4v) is 5.41. The minimum Gasteiger partial charge on any atom is -0.456 e. The quantitative estimate of drug-likeness (QED) is 0.596. The smallest absolute Gasteiger partial charge is 0.293 e. The average molecular weight is 421 g/mol. The summed E-state index contributed by atoms with van der Waals surface area (Å²) in [5.41, 5.74) is 7.25. The van der Waals surface area contributed by atoms with E-state index in [-0.39, 0.29) is 11.2 Å². The number of halogens is 1. The SMILES string of the molecule is NC(Cc1ccc(Cl)cc1)C(=O)C(CC1(C2CCCCC2)CCNCC1)OC=O. The third kappa shape index (κ3) is 5.80. The number of carbonyl (C=O) groups is 2. The normalized spacial score (nSPS) is 21.9. The maximum atomic E-state index is 13.2. The van der Waals surface area contributed by atoms with E-state index < -0.39 is 12.1 Å². The zero-order chi connectivity index (χ0) is 20.7. The predicted molar refractivity (Wildman–Crippen MR) is 115 cm³/mol. The van der Waals surface area contributed by atoms with Gasteiger partial charge in [-0.25, -0.2) is 0 Å². The van der Waals surface area contributed by atoms with Gasteiger partial charge in [0.05, 0.1) is 6.04 Å². The van der Waals surface area contributed by atoms with Crippen molar-refractivity contribution in [2.24, 2.45) is 17.1 Å². The molecule has 1 aliphatic carbocycles. The summed E-state index contributed by atoms with van der Waals surface area (Å²) in [4.78, 5) is 24.4. The zero-order valence-corrected chi connectivity index (χ0v) is 17.8. The summed E-state index contributed by atoms with van der Waals surface area (Å²) >= 11 is 5.94. The molecule has 1 aliphatic heterocycles. The molecule has 5 nitrogen and oxygen atoms in total. The third-order valence-electron chi connectivity index (χ3n) is 6.93. The van der Waals surface area contributed by atoms with Crippen molar-refractivity contribution in [2.45, 2.75) is 69.9 Å². The van der Waals surface area contributed by atoms with Crippen LogP contribution in [-0.4, -0.2) is 37.5 Å². The molecule has 0 bridgehead atoms. The van der Waals surface area contributed by atoms with E-state index >= 15 is 0 Å². The third-order valence-corrected chi connectivity index (χ3v) is 7.19. The van der Waals surface area contributed by atoms with Crippen molar-refractivity contribution in [3.8, 4) is 0 Å². The molecular weight excluding hydrogens is 388 g/mol. The second-order valence-corrected chi connectivity index (χ2v) is 9.15. The van der Waals surface area contributed by atoms with Gasteiger partial charge in [-0.15, -0.1) is 0 Å². The molecule has 3 rings (SSSR count). The number of benzene rings is 1. The van der Waals surface area contributed by atoms with Crippen molar-refractivity contribution in [3.63, 3.8) is 0 Å². The van der Waals surface area contributed by atoms with Gasteiger partial charge in [0.25, 0.3) is 6.47 Å². The summed E-state index contributed by atoms with van der Waals surface area (Å²) in [5, 5.41) is 4.09. The Bertz CT molecular complexity index is 667. The number of rotatable bonds is 9. The van der Waals surface area contributed by atoms with Crippen molar-refractivity contribution in [1.82, 2.24) is 5.32 Å². The summed E-state index contributed by atoms with van der Waals surface area (Å²) in [5.74, 6) is 0.414. The number of ether oxygens (including phenoxy) is 1. The highest BCUT2D eigenvalue weighted by Gasteiger charge is 2.44. The summed E-state index contributed by atoms with van der Waals surface area (Å²) in [6.07, 6.45) is 8.49. The van der Waals surface area contributed by atoms with Crippen LogP contribution in [0.2, 0.25) is 5.02 Å². The monoisotopic (exact) mass is 420 g/mol. The van der Waals surface area contributed by atoms with Gasteiger partial charge in [0.2, 0.25) is 0 Å². The Morgan fingerprint density at radius 3 is 2.48 bits per heavy atom. The lowest BCUT2D eigenvalue weighted by Crippen LogP contribution is -2.49. The van der Waals surface area contributed by atoms with E-state index in [1.54, 1.807) is 12.1 Å². The zero-order valence-electron chi connectivity index (χ0n) is 17.1. The Labute approximate surface area is 178 Å².